The maximum absolute atomic E-state index is 5.82. The topological polar surface area (TPSA) is 0 Å². The Morgan fingerprint density at radius 2 is 1.67 bits per heavy atom. The summed E-state index contributed by atoms with van der Waals surface area (Å²) < 4.78 is 1.09. The quantitative estimate of drug-likeness (QED) is 0.748. The molecule has 0 aromatic heterocycles. The lowest BCUT2D eigenvalue weighted by atomic mass is 10.1. The Morgan fingerprint density at radius 1 is 0.933 bits per heavy atom. The van der Waals surface area contributed by atoms with E-state index in [2.05, 4.69) is 34.5 Å². The van der Waals surface area contributed by atoms with E-state index < -0.39 is 0 Å². The second kappa shape index (κ2) is 4.82. The van der Waals surface area contributed by atoms with Crippen molar-refractivity contribution in [2.75, 3.05) is 0 Å². The SMILES string of the molecule is Clc1ccc([CH]c2cccc(Br)c2)cc1. The van der Waals surface area contributed by atoms with Crippen molar-refractivity contribution in [1.29, 1.82) is 0 Å². The van der Waals surface area contributed by atoms with Crippen LogP contribution in [-0.4, -0.2) is 0 Å². The highest BCUT2D eigenvalue weighted by molar-refractivity contribution is 9.10. The molecular weight excluding hydrogens is 272 g/mol. The fraction of sp³-hybridized carbons (Fsp3) is 0. The van der Waals surface area contributed by atoms with Crippen LogP contribution in [0.5, 0.6) is 0 Å². The zero-order chi connectivity index (χ0) is 10.7. The van der Waals surface area contributed by atoms with Crippen molar-refractivity contribution in [2.24, 2.45) is 0 Å². The van der Waals surface area contributed by atoms with Crippen molar-refractivity contribution in [3.05, 3.63) is 75.6 Å². The number of halogens is 2. The summed E-state index contributed by atoms with van der Waals surface area (Å²) in [5.41, 5.74) is 2.32. The molecule has 0 saturated heterocycles. The van der Waals surface area contributed by atoms with Gasteiger partial charge in [0.25, 0.3) is 0 Å². The van der Waals surface area contributed by atoms with Crippen LogP contribution in [0.1, 0.15) is 11.1 Å². The van der Waals surface area contributed by atoms with E-state index in [1.54, 1.807) is 0 Å². The predicted molar refractivity (Wildman–Crippen MR) is 68.1 cm³/mol. The highest BCUT2D eigenvalue weighted by Crippen LogP contribution is 2.18. The molecular formula is C13H9BrCl. The van der Waals surface area contributed by atoms with E-state index in [1.807, 2.05) is 36.4 Å². The fourth-order valence-electron chi connectivity index (χ4n) is 1.35. The third kappa shape index (κ3) is 3.08. The largest absolute Gasteiger partial charge is 0.0843 e. The van der Waals surface area contributed by atoms with Gasteiger partial charge in [0.05, 0.1) is 0 Å². The van der Waals surface area contributed by atoms with E-state index in [0.29, 0.717) is 0 Å². The summed E-state index contributed by atoms with van der Waals surface area (Å²) >= 11 is 9.26. The Labute approximate surface area is 103 Å². The highest BCUT2D eigenvalue weighted by atomic mass is 79.9. The van der Waals surface area contributed by atoms with Crippen molar-refractivity contribution >= 4 is 27.5 Å². The lowest BCUT2D eigenvalue weighted by Gasteiger charge is -2.02. The molecule has 0 aliphatic rings. The van der Waals surface area contributed by atoms with Crippen molar-refractivity contribution in [3.63, 3.8) is 0 Å². The number of hydrogen-bond donors (Lipinski definition) is 0. The van der Waals surface area contributed by atoms with E-state index in [4.69, 9.17) is 11.6 Å². The third-order valence-corrected chi connectivity index (χ3v) is 2.80. The molecule has 2 rings (SSSR count). The molecule has 0 N–H and O–H groups in total. The Hall–Kier alpha value is -0.790. The Balaban J connectivity index is 2.18. The van der Waals surface area contributed by atoms with Crippen molar-refractivity contribution < 1.29 is 0 Å². The second-order valence-corrected chi connectivity index (χ2v) is 4.60. The van der Waals surface area contributed by atoms with E-state index in [1.165, 1.54) is 5.56 Å². The standard InChI is InChI=1S/C13H9BrCl/c14-12-3-1-2-11(9-12)8-10-4-6-13(15)7-5-10/h1-9H. The lowest BCUT2D eigenvalue weighted by molar-refractivity contribution is 1.42. The van der Waals surface area contributed by atoms with Gasteiger partial charge in [-0.1, -0.05) is 51.8 Å². The Bertz CT molecular complexity index is 448. The van der Waals surface area contributed by atoms with Crippen LogP contribution in [0.4, 0.5) is 0 Å². The van der Waals surface area contributed by atoms with Gasteiger partial charge in [0.2, 0.25) is 0 Å². The number of rotatable bonds is 2. The maximum atomic E-state index is 5.82. The summed E-state index contributed by atoms with van der Waals surface area (Å²) in [4.78, 5) is 0. The van der Waals surface area contributed by atoms with Crippen LogP contribution in [0.2, 0.25) is 5.02 Å². The van der Waals surface area contributed by atoms with E-state index in [0.717, 1.165) is 15.1 Å². The third-order valence-electron chi connectivity index (χ3n) is 2.05. The predicted octanol–water partition coefficient (Wildman–Crippen LogP) is 4.70. The zero-order valence-electron chi connectivity index (χ0n) is 7.95. The van der Waals surface area contributed by atoms with Crippen LogP contribution in [0, 0.1) is 6.42 Å². The van der Waals surface area contributed by atoms with Crippen LogP contribution >= 0.6 is 27.5 Å². The first kappa shape index (κ1) is 10.7. The molecule has 0 fully saturated rings. The van der Waals surface area contributed by atoms with E-state index in [-0.39, 0.29) is 0 Å². The first-order valence-electron chi connectivity index (χ1n) is 4.60. The van der Waals surface area contributed by atoms with Crippen LogP contribution in [0.25, 0.3) is 0 Å². The summed E-state index contributed by atoms with van der Waals surface area (Å²) in [7, 11) is 0. The summed E-state index contributed by atoms with van der Waals surface area (Å²) in [6.07, 6.45) is 2.11. The van der Waals surface area contributed by atoms with Crippen molar-refractivity contribution in [1.82, 2.24) is 0 Å². The second-order valence-electron chi connectivity index (χ2n) is 3.25. The molecule has 0 spiro atoms. The van der Waals surface area contributed by atoms with Gasteiger partial charge < -0.3 is 0 Å². The molecule has 1 radical (unpaired) electrons. The molecule has 2 aromatic carbocycles. The first-order valence-corrected chi connectivity index (χ1v) is 5.77. The minimum Gasteiger partial charge on any atom is -0.0843 e. The average Bonchev–Trinajstić information content (AvgIpc) is 2.22. The summed E-state index contributed by atoms with van der Waals surface area (Å²) in [6.45, 7) is 0. The molecule has 0 aliphatic heterocycles. The van der Waals surface area contributed by atoms with Gasteiger partial charge in [-0.25, -0.2) is 0 Å². The molecule has 0 bridgehead atoms. The number of hydrogen-bond acceptors (Lipinski definition) is 0. The van der Waals surface area contributed by atoms with Crippen molar-refractivity contribution in [2.45, 2.75) is 0 Å². The van der Waals surface area contributed by atoms with Gasteiger partial charge in [0.1, 0.15) is 0 Å². The Morgan fingerprint density at radius 3 is 2.33 bits per heavy atom. The van der Waals surface area contributed by atoms with E-state index >= 15 is 0 Å². The average molecular weight is 281 g/mol. The van der Waals surface area contributed by atoms with Crippen molar-refractivity contribution in [3.8, 4) is 0 Å². The van der Waals surface area contributed by atoms with Gasteiger partial charge >= 0.3 is 0 Å². The fourth-order valence-corrected chi connectivity index (χ4v) is 1.89. The minimum absolute atomic E-state index is 0.765. The molecule has 0 atom stereocenters. The zero-order valence-corrected chi connectivity index (χ0v) is 10.3. The van der Waals surface area contributed by atoms with Gasteiger partial charge in [-0.15, -0.1) is 0 Å². The smallest absolute Gasteiger partial charge is 0.0406 e. The maximum Gasteiger partial charge on any atom is 0.0406 e. The molecule has 2 heteroatoms. The van der Waals surface area contributed by atoms with Crippen LogP contribution in [0.3, 0.4) is 0 Å². The van der Waals surface area contributed by atoms with Gasteiger partial charge in [0, 0.05) is 15.9 Å². The Kier molecular flexibility index (Phi) is 3.45. The van der Waals surface area contributed by atoms with Crippen LogP contribution < -0.4 is 0 Å². The number of benzene rings is 2. The molecule has 2 aromatic rings. The van der Waals surface area contributed by atoms with Crippen LogP contribution in [-0.2, 0) is 0 Å². The first-order chi connectivity index (χ1) is 7.24. The molecule has 0 unspecified atom stereocenters. The molecule has 75 valence electrons. The summed E-state index contributed by atoms with van der Waals surface area (Å²) in [5, 5.41) is 0.765. The summed E-state index contributed by atoms with van der Waals surface area (Å²) in [5.74, 6) is 0. The van der Waals surface area contributed by atoms with Gasteiger partial charge in [-0.05, 0) is 35.4 Å². The lowest BCUT2D eigenvalue weighted by Crippen LogP contribution is -1.84. The molecule has 0 nitrogen and oxygen atoms in total. The molecule has 15 heavy (non-hydrogen) atoms. The monoisotopic (exact) mass is 279 g/mol. The van der Waals surface area contributed by atoms with Crippen LogP contribution in [0.15, 0.2) is 53.0 Å². The normalized spacial score (nSPS) is 10.3. The van der Waals surface area contributed by atoms with Gasteiger partial charge in [-0.3, -0.25) is 0 Å². The molecule has 0 aliphatic carbocycles. The van der Waals surface area contributed by atoms with Gasteiger partial charge in [-0.2, -0.15) is 0 Å². The molecule has 0 amide bonds. The van der Waals surface area contributed by atoms with Gasteiger partial charge in [0.15, 0.2) is 0 Å². The van der Waals surface area contributed by atoms with E-state index in [9.17, 15) is 0 Å². The minimum atomic E-state index is 0.765. The summed E-state index contributed by atoms with van der Waals surface area (Å²) in [6, 6.07) is 16.0. The highest BCUT2D eigenvalue weighted by Gasteiger charge is 1.97. The molecule has 0 saturated carbocycles. The molecule has 0 heterocycles.